The fraction of sp³-hybridized carbons (Fsp3) is 0.562. The summed E-state index contributed by atoms with van der Waals surface area (Å²) in [4.78, 5) is 15.0. The SMILES string of the molecule is CC1(C)C(NC(=O)c2ccc(Cl)c(Cl)c2)C2CCN1CC2.Cl. The summed E-state index contributed by atoms with van der Waals surface area (Å²) >= 11 is 11.9. The van der Waals surface area contributed by atoms with Crippen LogP contribution >= 0.6 is 35.6 Å². The van der Waals surface area contributed by atoms with Crippen molar-refractivity contribution in [2.75, 3.05) is 13.1 Å². The lowest BCUT2D eigenvalue weighted by molar-refractivity contribution is -0.0378. The van der Waals surface area contributed by atoms with E-state index in [0.29, 0.717) is 21.5 Å². The van der Waals surface area contributed by atoms with Gasteiger partial charge in [-0.3, -0.25) is 9.69 Å². The van der Waals surface area contributed by atoms with Gasteiger partial charge in [0.05, 0.1) is 10.0 Å². The van der Waals surface area contributed by atoms with Crippen LogP contribution in [0.15, 0.2) is 18.2 Å². The Balaban J connectivity index is 0.00000176. The maximum absolute atomic E-state index is 12.5. The molecule has 1 aromatic carbocycles. The van der Waals surface area contributed by atoms with Gasteiger partial charge in [0.25, 0.3) is 5.91 Å². The molecule has 0 aliphatic carbocycles. The van der Waals surface area contributed by atoms with E-state index in [-0.39, 0.29) is 29.9 Å². The van der Waals surface area contributed by atoms with Crippen molar-refractivity contribution in [1.29, 1.82) is 0 Å². The van der Waals surface area contributed by atoms with E-state index in [9.17, 15) is 4.79 Å². The van der Waals surface area contributed by atoms with Crippen LogP contribution in [0.5, 0.6) is 0 Å². The van der Waals surface area contributed by atoms with Gasteiger partial charge < -0.3 is 5.32 Å². The lowest BCUT2D eigenvalue weighted by Gasteiger charge is -2.56. The number of hydrogen-bond donors (Lipinski definition) is 1. The van der Waals surface area contributed by atoms with E-state index in [1.165, 1.54) is 0 Å². The highest BCUT2D eigenvalue weighted by atomic mass is 35.5. The summed E-state index contributed by atoms with van der Waals surface area (Å²) in [5.41, 5.74) is 0.573. The molecule has 22 heavy (non-hydrogen) atoms. The quantitative estimate of drug-likeness (QED) is 0.861. The molecule has 1 aromatic rings. The molecule has 4 rings (SSSR count). The number of nitrogens with zero attached hydrogens (tertiary/aromatic N) is 1. The largest absolute Gasteiger partial charge is 0.347 e. The Morgan fingerprint density at radius 3 is 2.41 bits per heavy atom. The molecule has 122 valence electrons. The van der Waals surface area contributed by atoms with Gasteiger partial charge in [0.1, 0.15) is 0 Å². The Morgan fingerprint density at radius 2 is 1.86 bits per heavy atom. The first-order chi connectivity index (χ1) is 9.89. The number of rotatable bonds is 2. The third kappa shape index (κ3) is 3.09. The van der Waals surface area contributed by atoms with E-state index >= 15 is 0 Å². The van der Waals surface area contributed by atoms with E-state index in [0.717, 1.165) is 25.9 Å². The second kappa shape index (κ2) is 6.56. The molecular formula is C16H21Cl3N2O. The molecule has 0 radical (unpaired) electrons. The Labute approximate surface area is 147 Å². The summed E-state index contributed by atoms with van der Waals surface area (Å²) < 4.78 is 0. The zero-order valence-electron chi connectivity index (χ0n) is 12.7. The molecule has 3 nitrogen and oxygen atoms in total. The van der Waals surface area contributed by atoms with Crippen LogP contribution in [0.1, 0.15) is 37.0 Å². The van der Waals surface area contributed by atoms with Gasteiger partial charge in [-0.05, 0) is 63.9 Å². The molecule has 3 heterocycles. The van der Waals surface area contributed by atoms with E-state index in [1.54, 1.807) is 18.2 Å². The summed E-state index contributed by atoms with van der Waals surface area (Å²) in [6.45, 7) is 6.71. The smallest absolute Gasteiger partial charge is 0.251 e. The number of hydrogen-bond acceptors (Lipinski definition) is 2. The van der Waals surface area contributed by atoms with Crippen molar-refractivity contribution in [1.82, 2.24) is 10.2 Å². The Hall–Kier alpha value is -0.480. The van der Waals surface area contributed by atoms with Crippen LogP contribution in [-0.4, -0.2) is 35.5 Å². The van der Waals surface area contributed by atoms with Crippen molar-refractivity contribution < 1.29 is 4.79 Å². The minimum atomic E-state index is -0.0691. The van der Waals surface area contributed by atoms with Gasteiger partial charge in [0.15, 0.2) is 0 Å². The zero-order valence-corrected chi connectivity index (χ0v) is 15.1. The highest BCUT2D eigenvalue weighted by Crippen LogP contribution is 2.39. The molecule has 3 fully saturated rings. The fourth-order valence-corrected chi connectivity index (χ4v) is 4.04. The number of carbonyl (C=O) groups excluding carboxylic acids is 1. The van der Waals surface area contributed by atoms with Gasteiger partial charge in [0.2, 0.25) is 0 Å². The molecular weight excluding hydrogens is 343 g/mol. The Bertz CT molecular complexity index is 569. The maximum atomic E-state index is 12.5. The lowest BCUT2D eigenvalue weighted by Crippen LogP contribution is -2.69. The summed E-state index contributed by atoms with van der Waals surface area (Å²) in [6.07, 6.45) is 2.32. The van der Waals surface area contributed by atoms with Crippen LogP contribution in [0.4, 0.5) is 0 Å². The van der Waals surface area contributed by atoms with Crippen LogP contribution in [0.2, 0.25) is 10.0 Å². The zero-order chi connectivity index (χ0) is 15.2. The molecule has 1 unspecified atom stereocenters. The van der Waals surface area contributed by atoms with Crippen LogP contribution in [0, 0.1) is 5.92 Å². The van der Waals surface area contributed by atoms with Gasteiger partial charge >= 0.3 is 0 Å². The van der Waals surface area contributed by atoms with Gasteiger partial charge in [-0.1, -0.05) is 23.2 Å². The molecule has 1 amide bonds. The van der Waals surface area contributed by atoms with Crippen LogP contribution in [0.3, 0.4) is 0 Å². The van der Waals surface area contributed by atoms with E-state index < -0.39 is 0 Å². The Morgan fingerprint density at radius 1 is 1.23 bits per heavy atom. The molecule has 6 heteroatoms. The molecule has 1 N–H and O–H groups in total. The molecule has 0 saturated carbocycles. The number of piperidine rings is 3. The first-order valence-corrected chi connectivity index (χ1v) is 8.16. The van der Waals surface area contributed by atoms with Gasteiger partial charge in [-0.2, -0.15) is 0 Å². The van der Waals surface area contributed by atoms with Crippen molar-refractivity contribution in [3.63, 3.8) is 0 Å². The monoisotopic (exact) mass is 362 g/mol. The maximum Gasteiger partial charge on any atom is 0.251 e. The minimum Gasteiger partial charge on any atom is -0.347 e. The van der Waals surface area contributed by atoms with Crippen LogP contribution < -0.4 is 5.32 Å². The second-order valence-corrected chi connectivity index (χ2v) is 7.37. The van der Waals surface area contributed by atoms with Gasteiger partial charge in [0, 0.05) is 17.1 Å². The van der Waals surface area contributed by atoms with Crippen molar-refractivity contribution in [3.05, 3.63) is 33.8 Å². The average molecular weight is 364 g/mol. The molecule has 3 aliphatic heterocycles. The first kappa shape index (κ1) is 17.9. The number of halogens is 3. The molecule has 0 aromatic heterocycles. The van der Waals surface area contributed by atoms with Crippen LogP contribution in [-0.2, 0) is 0 Å². The highest BCUT2D eigenvalue weighted by molar-refractivity contribution is 6.42. The van der Waals surface area contributed by atoms with Gasteiger partial charge in [-0.15, -0.1) is 12.4 Å². The predicted molar refractivity (Wildman–Crippen MR) is 93.3 cm³/mol. The van der Waals surface area contributed by atoms with Crippen LogP contribution in [0.25, 0.3) is 0 Å². The number of fused-ring (bicyclic) bond motifs is 3. The molecule has 2 bridgehead atoms. The topological polar surface area (TPSA) is 32.3 Å². The normalized spacial score (nSPS) is 28.8. The lowest BCUT2D eigenvalue weighted by atomic mass is 9.72. The predicted octanol–water partition coefficient (Wildman–Crippen LogP) is 4.02. The van der Waals surface area contributed by atoms with E-state index in [1.807, 2.05) is 0 Å². The molecule has 1 atom stereocenters. The van der Waals surface area contributed by atoms with Gasteiger partial charge in [-0.25, -0.2) is 0 Å². The summed E-state index contributed by atoms with van der Waals surface area (Å²) in [7, 11) is 0. The highest BCUT2D eigenvalue weighted by Gasteiger charge is 2.48. The fourth-order valence-electron chi connectivity index (χ4n) is 3.74. The third-order valence-electron chi connectivity index (χ3n) is 5.06. The molecule has 3 saturated heterocycles. The Kier molecular flexibility index (Phi) is 5.33. The minimum absolute atomic E-state index is 0. The van der Waals surface area contributed by atoms with Crippen molar-refractivity contribution in [2.24, 2.45) is 5.92 Å². The number of amides is 1. The third-order valence-corrected chi connectivity index (χ3v) is 5.79. The van der Waals surface area contributed by atoms with E-state index in [4.69, 9.17) is 23.2 Å². The standard InChI is InChI=1S/C16H20Cl2N2O.ClH/c1-16(2)14(10-5-7-20(16)8-6-10)19-15(21)11-3-4-12(17)13(18)9-11;/h3-4,9-10,14H,5-8H2,1-2H3,(H,19,21);1H. The number of benzene rings is 1. The van der Waals surface area contributed by atoms with Crippen molar-refractivity contribution >= 4 is 41.5 Å². The number of nitrogens with one attached hydrogen (secondary N) is 1. The summed E-state index contributed by atoms with van der Waals surface area (Å²) in [6, 6.07) is 5.20. The number of carbonyl (C=O) groups is 1. The average Bonchev–Trinajstić information content (AvgIpc) is 2.46. The molecule has 3 aliphatic rings. The first-order valence-electron chi connectivity index (χ1n) is 7.40. The second-order valence-electron chi connectivity index (χ2n) is 6.56. The summed E-state index contributed by atoms with van der Waals surface area (Å²) in [5, 5.41) is 4.10. The van der Waals surface area contributed by atoms with Crippen molar-refractivity contribution in [3.8, 4) is 0 Å². The molecule has 0 spiro atoms. The van der Waals surface area contributed by atoms with E-state index in [2.05, 4.69) is 24.1 Å². The van der Waals surface area contributed by atoms with Crippen molar-refractivity contribution in [2.45, 2.75) is 38.3 Å². The summed E-state index contributed by atoms with van der Waals surface area (Å²) in [5.74, 6) is 0.497.